The SMILES string of the molecule is CNc1nc(N2CCC(N(C)C)C2)cc(C(F)(F)F)n1. The Morgan fingerprint density at radius 2 is 2.05 bits per heavy atom. The quantitative estimate of drug-likeness (QED) is 0.917. The summed E-state index contributed by atoms with van der Waals surface area (Å²) in [6.07, 6.45) is -3.56. The summed E-state index contributed by atoms with van der Waals surface area (Å²) in [5.74, 6) is 0.309. The lowest BCUT2D eigenvalue weighted by atomic mass is 10.2. The third kappa shape index (κ3) is 3.12. The molecule has 0 spiro atoms. The fraction of sp³-hybridized carbons (Fsp3) is 0.667. The average Bonchev–Trinajstić information content (AvgIpc) is 2.87. The van der Waals surface area contributed by atoms with Crippen molar-refractivity contribution in [2.75, 3.05) is 44.4 Å². The molecule has 2 heterocycles. The van der Waals surface area contributed by atoms with Gasteiger partial charge in [-0.25, -0.2) is 4.98 Å². The molecule has 20 heavy (non-hydrogen) atoms. The highest BCUT2D eigenvalue weighted by Gasteiger charge is 2.35. The molecular weight excluding hydrogens is 271 g/mol. The average molecular weight is 289 g/mol. The van der Waals surface area contributed by atoms with Crippen molar-refractivity contribution in [2.45, 2.75) is 18.6 Å². The predicted octanol–water partition coefficient (Wildman–Crippen LogP) is 1.68. The number of aromatic nitrogens is 2. The van der Waals surface area contributed by atoms with Crippen LogP contribution in [-0.4, -0.2) is 55.1 Å². The van der Waals surface area contributed by atoms with E-state index >= 15 is 0 Å². The molecule has 1 aliphatic rings. The van der Waals surface area contributed by atoms with Gasteiger partial charge in [-0.2, -0.15) is 18.2 Å². The van der Waals surface area contributed by atoms with Gasteiger partial charge in [0.2, 0.25) is 5.95 Å². The number of likely N-dealkylation sites (N-methyl/N-ethyl adjacent to an activating group) is 1. The molecule has 0 bridgehead atoms. The van der Waals surface area contributed by atoms with Crippen molar-refractivity contribution in [2.24, 2.45) is 0 Å². The van der Waals surface area contributed by atoms with Gasteiger partial charge in [0.05, 0.1) is 0 Å². The highest BCUT2D eigenvalue weighted by Crippen LogP contribution is 2.31. The minimum absolute atomic E-state index is 0.0110. The molecule has 1 aromatic heterocycles. The lowest BCUT2D eigenvalue weighted by Gasteiger charge is -2.22. The van der Waals surface area contributed by atoms with Crippen LogP contribution in [0.4, 0.5) is 24.9 Å². The Morgan fingerprint density at radius 3 is 2.55 bits per heavy atom. The van der Waals surface area contributed by atoms with Crippen molar-refractivity contribution in [1.82, 2.24) is 14.9 Å². The maximum Gasteiger partial charge on any atom is 0.433 e. The van der Waals surface area contributed by atoms with Crippen LogP contribution in [0.2, 0.25) is 0 Å². The smallest absolute Gasteiger partial charge is 0.357 e. The molecule has 8 heteroatoms. The van der Waals surface area contributed by atoms with Gasteiger partial charge in [-0.1, -0.05) is 0 Å². The molecule has 0 aliphatic carbocycles. The molecule has 0 radical (unpaired) electrons. The number of anilines is 2. The molecule has 1 fully saturated rings. The summed E-state index contributed by atoms with van der Waals surface area (Å²) in [5, 5.41) is 2.58. The monoisotopic (exact) mass is 289 g/mol. The van der Waals surface area contributed by atoms with Crippen molar-refractivity contribution in [1.29, 1.82) is 0 Å². The predicted molar refractivity (Wildman–Crippen MR) is 70.9 cm³/mol. The first-order valence-electron chi connectivity index (χ1n) is 6.36. The molecule has 1 N–H and O–H groups in total. The summed E-state index contributed by atoms with van der Waals surface area (Å²) >= 11 is 0. The summed E-state index contributed by atoms with van der Waals surface area (Å²) in [6.45, 7) is 1.37. The normalized spacial score (nSPS) is 19.8. The van der Waals surface area contributed by atoms with E-state index in [1.165, 1.54) is 7.05 Å². The van der Waals surface area contributed by atoms with Gasteiger partial charge in [0.25, 0.3) is 0 Å². The molecule has 0 amide bonds. The highest BCUT2D eigenvalue weighted by molar-refractivity contribution is 5.46. The molecular formula is C12H18F3N5. The number of nitrogens with one attached hydrogen (secondary N) is 1. The van der Waals surface area contributed by atoms with Crippen LogP contribution >= 0.6 is 0 Å². The first-order valence-corrected chi connectivity index (χ1v) is 6.36. The summed E-state index contributed by atoms with van der Waals surface area (Å²) in [7, 11) is 5.44. The van der Waals surface area contributed by atoms with Gasteiger partial charge in [0.1, 0.15) is 5.82 Å². The van der Waals surface area contributed by atoms with Crippen LogP contribution in [0.5, 0.6) is 0 Å². The number of hydrogen-bond donors (Lipinski definition) is 1. The van der Waals surface area contributed by atoms with E-state index in [2.05, 4.69) is 20.2 Å². The Bertz CT molecular complexity index is 475. The van der Waals surface area contributed by atoms with E-state index in [4.69, 9.17) is 0 Å². The molecule has 112 valence electrons. The number of nitrogens with zero attached hydrogens (tertiary/aromatic N) is 4. The van der Waals surface area contributed by atoms with E-state index < -0.39 is 11.9 Å². The Kier molecular flexibility index (Phi) is 4.03. The Hall–Kier alpha value is -1.57. The fourth-order valence-electron chi connectivity index (χ4n) is 2.22. The van der Waals surface area contributed by atoms with E-state index in [9.17, 15) is 13.2 Å². The highest BCUT2D eigenvalue weighted by atomic mass is 19.4. The standard InChI is InChI=1S/C12H18F3N5/c1-16-11-17-9(12(13,14)15)6-10(18-11)20-5-4-8(7-20)19(2)3/h6,8H,4-5,7H2,1-3H3,(H,16,17,18). The molecule has 1 unspecified atom stereocenters. The van der Waals surface area contributed by atoms with Crippen LogP contribution in [0.25, 0.3) is 0 Å². The Labute approximate surface area is 115 Å². The number of hydrogen-bond acceptors (Lipinski definition) is 5. The molecule has 1 aliphatic heterocycles. The van der Waals surface area contributed by atoms with E-state index in [0.717, 1.165) is 12.5 Å². The molecule has 1 saturated heterocycles. The topological polar surface area (TPSA) is 44.3 Å². The van der Waals surface area contributed by atoms with E-state index in [1.807, 2.05) is 19.0 Å². The summed E-state index contributed by atoms with van der Waals surface area (Å²) in [4.78, 5) is 11.5. The van der Waals surface area contributed by atoms with Gasteiger partial charge in [-0.05, 0) is 20.5 Å². The van der Waals surface area contributed by atoms with Gasteiger partial charge in [-0.15, -0.1) is 0 Å². The lowest BCUT2D eigenvalue weighted by Crippen LogP contribution is -2.32. The first kappa shape index (κ1) is 14.8. The summed E-state index contributed by atoms with van der Waals surface area (Å²) in [5.41, 5.74) is -0.917. The zero-order chi connectivity index (χ0) is 14.9. The second-order valence-corrected chi connectivity index (χ2v) is 5.03. The van der Waals surface area contributed by atoms with Crippen molar-refractivity contribution in [3.63, 3.8) is 0 Å². The van der Waals surface area contributed by atoms with Crippen LogP contribution in [0.3, 0.4) is 0 Å². The van der Waals surface area contributed by atoms with Gasteiger partial charge in [0, 0.05) is 32.2 Å². The van der Waals surface area contributed by atoms with Crippen molar-refractivity contribution in [3.8, 4) is 0 Å². The molecule has 2 rings (SSSR count). The first-order chi connectivity index (χ1) is 9.31. The lowest BCUT2D eigenvalue weighted by molar-refractivity contribution is -0.141. The fourth-order valence-corrected chi connectivity index (χ4v) is 2.22. The largest absolute Gasteiger partial charge is 0.433 e. The maximum absolute atomic E-state index is 12.8. The maximum atomic E-state index is 12.8. The Balaban J connectivity index is 2.28. The minimum Gasteiger partial charge on any atom is -0.357 e. The second kappa shape index (κ2) is 5.43. The van der Waals surface area contributed by atoms with Crippen LogP contribution < -0.4 is 10.2 Å². The second-order valence-electron chi connectivity index (χ2n) is 5.03. The Morgan fingerprint density at radius 1 is 1.35 bits per heavy atom. The zero-order valence-electron chi connectivity index (χ0n) is 11.7. The number of rotatable bonds is 3. The minimum atomic E-state index is -4.47. The summed E-state index contributed by atoms with van der Waals surface area (Å²) in [6, 6.07) is 1.34. The van der Waals surface area contributed by atoms with Gasteiger partial charge in [-0.3, -0.25) is 0 Å². The van der Waals surface area contributed by atoms with E-state index in [1.54, 1.807) is 0 Å². The van der Waals surface area contributed by atoms with Gasteiger partial charge < -0.3 is 15.1 Å². The van der Waals surface area contributed by atoms with Crippen LogP contribution in [-0.2, 0) is 6.18 Å². The molecule has 5 nitrogen and oxygen atoms in total. The molecule has 0 saturated carbocycles. The van der Waals surface area contributed by atoms with Crippen LogP contribution in [0, 0.1) is 0 Å². The summed E-state index contributed by atoms with van der Waals surface area (Å²) < 4.78 is 38.5. The molecule has 1 atom stereocenters. The van der Waals surface area contributed by atoms with E-state index in [0.29, 0.717) is 24.9 Å². The third-order valence-electron chi connectivity index (χ3n) is 3.44. The zero-order valence-corrected chi connectivity index (χ0v) is 11.7. The van der Waals surface area contributed by atoms with E-state index in [-0.39, 0.29) is 5.95 Å². The van der Waals surface area contributed by atoms with Crippen molar-refractivity contribution < 1.29 is 13.2 Å². The molecule has 1 aromatic rings. The van der Waals surface area contributed by atoms with Crippen LogP contribution in [0.15, 0.2) is 6.07 Å². The number of alkyl halides is 3. The van der Waals surface area contributed by atoms with Crippen molar-refractivity contribution >= 4 is 11.8 Å². The third-order valence-corrected chi connectivity index (χ3v) is 3.44. The van der Waals surface area contributed by atoms with Crippen LogP contribution in [0.1, 0.15) is 12.1 Å². The van der Waals surface area contributed by atoms with Gasteiger partial charge in [0.15, 0.2) is 5.69 Å². The molecule has 0 aromatic carbocycles. The van der Waals surface area contributed by atoms with Crippen molar-refractivity contribution in [3.05, 3.63) is 11.8 Å². The number of halogens is 3. The van der Waals surface area contributed by atoms with Gasteiger partial charge >= 0.3 is 6.18 Å².